The van der Waals surface area contributed by atoms with Gasteiger partial charge in [-0.2, -0.15) is 0 Å². The molecular weight excluding hydrogens is 845 g/mol. The van der Waals surface area contributed by atoms with Crippen molar-refractivity contribution in [2.75, 3.05) is 39.9 Å². The van der Waals surface area contributed by atoms with E-state index in [0.29, 0.717) is 25.3 Å². The van der Waals surface area contributed by atoms with Crippen molar-refractivity contribution in [3.63, 3.8) is 0 Å². The second kappa shape index (κ2) is 23.0. The fourth-order valence-electron chi connectivity index (χ4n) is 7.33. The summed E-state index contributed by atoms with van der Waals surface area (Å²) < 4.78 is 44.5. The standard InChI is InChI=1S/C43H59F2N7O12/c1-7-8-9-10-15-34(53)47-29(20-26-18-27(44)21-28(45)19-26)37(56)49-31-24-63-41(60)33-14-12-17-52(33)39(58)30(23-62-35(54)22-46-42(61)64-43(3,4)5)48-36(55)25(2)50(6)40(59)32-13-11-16-51(32)38(31)57/h10,15,18-19,21,25,29-33H,7-9,11-14,16-17,20,22-24H2,1-6H3,(H,46,61)(H,47,53)(H,48,55)(H,49,56)/b15-10+/t25-,29-,30-,31-,32-,33-/m0/s1. The van der Waals surface area contributed by atoms with Crippen molar-refractivity contribution in [1.29, 1.82) is 0 Å². The van der Waals surface area contributed by atoms with Gasteiger partial charge in [0, 0.05) is 32.6 Å². The third-order valence-electron chi connectivity index (χ3n) is 10.7. The number of rotatable bonds is 13. The predicted molar refractivity (Wildman–Crippen MR) is 222 cm³/mol. The summed E-state index contributed by atoms with van der Waals surface area (Å²) >= 11 is 0. The molecule has 3 aliphatic heterocycles. The van der Waals surface area contributed by atoms with Gasteiger partial charge in [-0.25, -0.2) is 18.4 Å². The Morgan fingerprint density at radius 1 is 0.953 bits per heavy atom. The maximum Gasteiger partial charge on any atom is 0.408 e. The van der Waals surface area contributed by atoms with E-state index < -0.39 is 133 Å². The van der Waals surface area contributed by atoms with E-state index in [-0.39, 0.29) is 31.5 Å². The highest BCUT2D eigenvalue weighted by molar-refractivity contribution is 5.98. The number of amides is 7. The Morgan fingerprint density at radius 2 is 1.59 bits per heavy atom. The zero-order chi connectivity index (χ0) is 47.3. The van der Waals surface area contributed by atoms with Crippen LogP contribution in [0.15, 0.2) is 30.4 Å². The quantitative estimate of drug-likeness (QED) is 0.0945. The Balaban J connectivity index is 1.63. The van der Waals surface area contributed by atoms with Crippen molar-refractivity contribution in [3.05, 3.63) is 47.5 Å². The van der Waals surface area contributed by atoms with Crippen LogP contribution >= 0.6 is 0 Å². The number of carbonyl (C=O) groups is 9. The number of alkyl carbamates (subject to hydrolysis) is 1. The molecule has 64 heavy (non-hydrogen) atoms. The van der Waals surface area contributed by atoms with Gasteiger partial charge in [0.25, 0.3) is 0 Å². The smallest absolute Gasteiger partial charge is 0.408 e. The fraction of sp³-hybridized carbons (Fsp3) is 0.605. The third kappa shape index (κ3) is 14.4. The Kier molecular flexibility index (Phi) is 18.1. The third-order valence-corrected chi connectivity index (χ3v) is 10.7. The lowest BCUT2D eigenvalue weighted by Gasteiger charge is -2.34. The molecule has 0 saturated carbocycles. The first-order chi connectivity index (χ1) is 30.2. The molecule has 3 aliphatic rings. The molecule has 7 amide bonds. The van der Waals surface area contributed by atoms with Crippen LogP contribution in [0, 0.1) is 11.6 Å². The van der Waals surface area contributed by atoms with Gasteiger partial charge in [0.2, 0.25) is 35.4 Å². The number of benzene rings is 1. The molecule has 0 spiro atoms. The summed E-state index contributed by atoms with van der Waals surface area (Å²) in [6.07, 6.45) is 4.63. The zero-order valence-electron chi connectivity index (χ0n) is 37.0. The van der Waals surface area contributed by atoms with Gasteiger partial charge in [-0.1, -0.05) is 25.8 Å². The number of halogens is 2. The van der Waals surface area contributed by atoms with Crippen LogP contribution in [0.4, 0.5) is 13.6 Å². The first kappa shape index (κ1) is 50.5. The first-order valence-electron chi connectivity index (χ1n) is 21.4. The summed E-state index contributed by atoms with van der Waals surface area (Å²) in [5, 5.41) is 9.80. The number of likely N-dealkylation sites (N-methyl/N-ethyl adjacent to an activating group) is 1. The van der Waals surface area contributed by atoms with E-state index >= 15 is 0 Å². The first-order valence-corrected chi connectivity index (χ1v) is 21.4. The van der Waals surface area contributed by atoms with Gasteiger partial charge >= 0.3 is 18.0 Å². The molecule has 21 heteroatoms. The van der Waals surface area contributed by atoms with E-state index in [2.05, 4.69) is 21.3 Å². The van der Waals surface area contributed by atoms with E-state index in [1.807, 2.05) is 6.92 Å². The van der Waals surface area contributed by atoms with Crippen molar-refractivity contribution in [2.45, 2.75) is 128 Å². The van der Waals surface area contributed by atoms with Crippen molar-refractivity contribution in [2.24, 2.45) is 0 Å². The van der Waals surface area contributed by atoms with E-state index in [0.717, 1.165) is 34.8 Å². The highest BCUT2D eigenvalue weighted by atomic mass is 19.1. The van der Waals surface area contributed by atoms with Gasteiger partial charge in [0.1, 0.15) is 73.2 Å². The average molecular weight is 904 g/mol. The van der Waals surface area contributed by atoms with Crippen LogP contribution in [0.5, 0.6) is 0 Å². The molecule has 1 aromatic rings. The van der Waals surface area contributed by atoms with Crippen LogP contribution < -0.4 is 21.3 Å². The maximum atomic E-state index is 14.4. The average Bonchev–Trinajstić information content (AvgIpc) is 3.93. The summed E-state index contributed by atoms with van der Waals surface area (Å²) in [5.74, 6) is -8.69. The minimum Gasteiger partial charge on any atom is -0.462 e. The topological polar surface area (TPSA) is 239 Å². The molecule has 6 atom stereocenters. The Bertz CT molecular complexity index is 1940. The van der Waals surface area contributed by atoms with Gasteiger partial charge in [0.15, 0.2) is 0 Å². The molecule has 3 fully saturated rings. The molecule has 1 aromatic carbocycles. The molecule has 0 aromatic heterocycles. The second-order valence-corrected chi connectivity index (χ2v) is 16.9. The van der Waals surface area contributed by atoms with Gasteiger partial charge in [0.05, 0.1) is 0 Å². The molecule has 4 N–H and O–H groups in total. The molecule has 3 saturated heterocycles. The molecule has 0 aliphatic carbocycles. The zero-order valence-corrected chi connectivity index (χ0v) is 37.0. The number of esters is 2. The van der Waals surface area contributed by atoms with Crippen LogP contribution in [0.3, 0.4) is 0 Å². The fourth-order valence-corrected chi connectivity index (χ4v) is 7.33. The second-order valence-electron chi connectivity index (χ2n) is 16.9. The van der Waals surface area contributed by atoms with Crippen molar-refractivity contribution in [1.82, 2.24) is 36.0 Å². The molecule has 3 heterocycles. The summed E-state index contributed by atoms with van der Waals surface area (Å²) in [7, 11) is 1.33. The van der Waals surface area contributed by atoms with E-state index in [1.54, 1.807) is 26.8 Å². The Hall–Kier alpha value is -6.15. The molecule has 4 rings (SSSR count). The lowest BCUT2D eigenvalue weighted by molar-refractivity contribution is -0.159. The summed E-state index contributed by atoms with van der Waals surface area (Å²) in [4.78, 5) is 125. The van der Waals surface area contributed by atoms with Gasteiger partial charge in [-0.15, -0.1) is 0 Å². The van der Waals surface area contributed by atoms with Crippen molar-refractivity contribution in [3.8, 4) is 0 Å². The van der Waals surface area contributed by atoms with Crippen LogP contribution in [-0.2, 0) is 59.0 Å². The summed E-state index contributed by atoms with van der Waals surface area (Å²) in [6, 6.07) is -5.77. The minimum atomic E-state index is -1.67. The molecule has 0 radical (unpaired) electrons. The number of hydrogen-bond donors (Lipinski definition) is 4. The van der Waals surface area contributed by atoms with Gasteiger partial charge in [-0.3, -0.25) is 33.6 Å². The molecule has 0 bridgehead atoms. The SMILES string of the molecule is CCCC/C=C/C(=O)N[C@@H](Cc1cc(F)cc(F)c1)C(=O)N[C@H]1COC(=O)[C@@H]2CCCN2C(=O)[C@H](COC(=O)CNC(=O)OC(C)(C)C)NC(=O)[C@H](C)N(C)C(=O)[C@@H]2CCCN2C1=O. The largest absolute Gasteiger partial charge is 0.462 e. The lowest BCUT2D eigenvalue weighted by atomic mass is 10.0. The molecule has 352 valence electrons. The number of nitrogens with zero attached hydrogens (tertiary/aromatic N) is 3. The number of ether oxygens (including phenoxy) is 3. The highest BCUT2D eigenvalue weighted by Gasteiger charge is 2.44. The normalized spacial score (nSPS) is 22.9. The summed E-state index contributed by atoms with van der Waals surface area (Å²) in [6.45, 7) is 6.11. The van der Waals surface area contributed by atoms with Crippen LogP contribution in [0.1, 0.15) is 85.1 Å². The highest BCUT2D eigenvalue weighted by Crippen LogP contribution is 2.24. The number of cyclic esters (lactones) is 1. The van der Waals surface area contributed by atoms with Gasteiger partial charge < -0.3 is 50.2 Å². The van der Waals surface area contributed by atoms with Crippen LogP contribution in [0.25, 0.3) is 0 Å². The predicted octanol–water partition coefficient (Wildman–Crippen LogP) is 1.16. The van der Waals surface area contributed by atoms with Crippen LogP contribution in [-0.4, -0.2) is 150 Å². The number of hydrogen-bond acceptors (Lipinski definition) is 12. The number of nitrogens with one attached hydrogen (secondary N) is 4. The summed E-state index contributed by atoms with van der Waals surface area (Å²) in [5.41, 5.74) is -0.846. The molecule has 19 nitrogen and oxygen atoms in total. The Morgan fingerprint density at radius 3 is 2.23 bits per heavy atom. The number of unbranched alkanes of at least 4 members (excludes halogenated alkanes) is 2. The van der Waals surface area contributed by atoms with Crippen LogP contribution in [0.2, 0.25) is 0 Å². The number of allylic oxidation sites excluding steroid dienone is 1. The van der Waals surface area contributed by atoms with E-state index in [1.165, 1.54) is 24.9 Å². The maximum absolute atomic E-state index is 14.4. The molecule has 0 unspecified atom stereocenters. The monoisotopic (exact) mass is 903 g/mol. The minimum absolute atomic E-state index is 0.00610. The molecular formula is C43H59F2N7O12. The lowest BCUT2D eigenvalue weighted by Crippen LogP contribution is -2.61. The van der Waals surface area contributed by atoms with Gasteiger partial charge in [-0.05, 0) is 83.6 Å². The Labute approximate surface area is 370 Å². The van der Waals surface area contributed by atoms with Crippen molar-refractivity contribution < 1.29 is 66.1 Å². The van der Waals surface area contributed by atoms with E-state index in [4.69, 9.17) is 14.2 Å². The number of fused-ring (bicyclic) bond motifs is 2. The van der Waals surface area contributed by atoms with E-state index in [9.17, 15) is 51.9 Å². The number of carbonyl (C=O) groups excluding carboxylic acids is 9. The van der Waals surface area contributed by atoms with Crippen molar-refractivity contribution >= 4 is 53.5 Å².